The number of phosphoric acid groups is 1. The summed E-state index contributed by atoms with van der Waals surface area (Å²) in [6.45, 7) is 0. The van der Waals surface area contributed by atoms with Gasteiger partial charge in [0, 0.05) is 41.3 Å². The predicted molar refractivity (Wildman–Crippen MR) is 21.4 cm³/mol. The van der Waals surface area contributed by atoms with Gasteiger partial charge in [-0.15, -0.1) is 0 Å². The van der Waals surface area contributed by atoms with E-state index >= 15 is 0 Å². The van der Waals surface area contributed by atoms with Gasteiger partial charge in [0.1, 0.15) is 0 Å². The van der Waals surface area contributed by atoms with Crippen LogP contribution in [0.25, 0.3) is 0 Å². The molecule has 0 saturated heterocycles. The van der Waals surface area contributed by atoms with E-state index in [2.05, 4.69) is 0 Å². The average Bonchev–Trinajstić information content (AvgIpc) is 0.722. The van der Waals surface area contributed by atoms with Crippen LogP contribution in [0.3, 0.4) is 0 Å². The third-order valence-corrected chi connectivity index (χ3v) is 0. The SMILES string of the molecule is O=P(O)(O)O.[KH].[Pr]. The van der Waals surface area contributed by atoms with Crippen molar-refractivity contribution in [2.45, 2.75) is 0 Å². The largest absolute Gasteiger partial charge is 0 e. The zero-order valence-electron chi connectivity index (χ0n) is 2.77. The summed E-state index contributed by atoms with van der Waals surface area (Å²) >= 11 is 0. The second-order valence-electron chi connectivity index (χ2n) is 0.513. The van der Waals surface area contributed by atoms with Gasteiger partial charge in [0.15, 0.2) is 0 Å². The Bertz CT molecular complexity index is 57.8. The fourth-order valence-electron chi connectivity index (χ4n) is 0. The van der Waals surface area contributed by atoms with E-state index in [-0.39, 0.29) is 92.7 Å². The van der Waals surface area contributed by atoms with Crippen LogP contribution in [0.4, 0.5) is 0 Å². The molecule has 0 rings (SSSR count). The Labute approximate surface area is 117 Å². The molecule has 0 heterocycles. The van der Waals surface area contributed by atoms with Gasteiger partial charge < -0.3 is 14.7 Å². The van der Waals surface area contributed by atoms with Gasteiger partial charge in [0.05, 0.1) is 0 Å². The van der Waals surface area contributed by atoms with Gasteiger partial charge >= 0.3 is 59.2 Å². The van der Waals surface area contributed by atoms with Crippen molar-refractivity contribution in [1.29, 1.82) is 0 Å². The van der Waals surface area contributed by atoms with E-state index in [1.54, 1.807) is 0 Å². The monoisotopic (exact) mass is 279 g/mol. The third kappa shape index (κ3) is 47.6. The van der Waals surface area contributed by atoms with Gasteiger partial charge in [-0.05, 0) is 0 Å². The molecule has 7 heteroatoms. The standard InChI is InChI=1S/K.H3O4P.Pr.H/c;1-5(2,3)4;;/h;(H3,1,2,3,4);;. The molecule has 0 fully saturated rings. The van der Waals surface area contributed by atoms with E-state index < -0.39 is 7.82 Å². The van der Waals surface area contributed by atoms with E-state index in [0.717, 1.165) is 0 Å². The van der Waals surface area contributed by atoms with Crippen molar-refractivity contribution in [2.75, 3.05) is 0 Å². The quantitative estimate of drug-likeness (QED) is 0.369. The molecular formula is H4KO4PPr. The molecule has 0 aromatic carbocycles. The zero-order chi connectivity index (χ0) is 4.50. The smallest absolute Gasteiger partial charge is 0 e. The predicted octanol–water partition coefficient (Wildman–Crippen LogP) is -1.58. The van der Waals surface area contributed by atoms with Crippen molar-refractivity contribution >= 4 is 59.2 Å². The first-order chi connectivity index (χ1) is 2.00. The topological polar surface area (TPSA) is 77.8 Å². The van der Waals surface area contributed by atoms with E-state index in [1.807, 2.05) is 0 Å². The summed E-state index contributed by atoms with van der Waals surface area (Å²) in [5.74, 6) is 0. The molecule has 0 aliphatic carbocycles. The van der Waals surface area contributed by atoms with Crippen LogP contribution >= 0.6 is 7.82 Å². The normalized spacial score (nSPS) is 8.43. The van der Waals surface area contributed by atoms with Gasteiger partial charge in [-0.2, -0.15) is 0 Å². The molecule has 0 saturated carbocycles. The Morgan fingerprint density at radius 2 is 1.14 bits per heavy atom. The Morgan fingerprint density at radius 3 is 1.14 bits per heavy atom. The summed E-state index contributed by atoms with van der Waals surface area (Å²) in [5.41, 5.74) is 0. The van der Waals surface area contributed by atoms with Gasteiger partial charge in [0.2, 0.25) is 0 Å². The van der Waals surface area contributed by atoms with Crippen LogP contribution in [0, 0.1) is 41.3 Å². The van der Waals surface area contributed by atoms with Crippen LogP contribution in [0.2, 0.25) is 0 Å². The van der Waals surface area contributed by atoms with Crippen molar-refractivity contribution in [2.24, 2.45) is 0 Å². The molecular weight excluding hydrogens is 275 g/mol. The first-order valence-corrected chi connectivity index (χ1v) is 2.35. The average molecular weight is 279 g/mol. The van der Waals surface area contributed by atoms with E-state index in [9.17, 15) is 0 Å². The van der Waals surface area contributed by atoms with Crippen LogP contribution in [-0.4, -0.2) is 66.1 Å². The molecule has 0 aromatic rings. The van der Waals surface area contributed by atoms with Crippen LogP contribution in [-0.2, 0) is 4.57 Å². The Hall–Kier alpha value is 3.11. The maximum atomic E-state index is 8.88. The molecule has 0 aliphatic heterocycles. The summed E-state index contributed by atoms with van der Waals surface area (Å²) in [7, 11) is -4.64. The molecule has 4 nitrogen and oxygen atoms in total. The van der Waals surface area contributed by atoms with Crippen LogP contribution in [0.1, 0.15) is 0 Å². The molecule has 0 atom stereocenters. The number of hydrogen-bond acceptors (Lipinski definition) is 1. The molecule has 0 bridgehead atoms. The summed E-state index contributed by atoms with van der Waals surface area (Å²) in [6.07, 6.45) is 0. The summed E-state index contributed by atoms with van der Waals surface area (Å²) in [4.78, 5) is 21.6. The maximum Gasteiger partial charge on any atom is 0 e. The molecule has 0 aromatic heterocycles. The molecule has 37 valence electrons. The van der Waals surface area contributed by atoms with E-state index in [1.165, 1.54) is 0 Å². The first kappa shape index (κ1) is 16.6. The number of hydrogen-bond donors (Lipinski definition) is 3. The molecule has 7 heavy (non-hydrogen) atoms. The minimum Gasteiger partial charge on any atom is 0 e. The third-order valence-electron chi connectivity index (χ3n) is 0. The van der Waals surface area contributed by atoms with Crippen molar-refractivity contribution in [3.63, 3.8) is 0 Å². The Balaban J connectivity index is -0.0000000800. The van der Waals surface area contributed by atoms with Crippen LogP contribution in [0.15, 0.2) is 0 Å². The number of rotatable bonds is 0. The minimum atomic E-state index is -4.64. The zero-order valence-corrected chi connectivity index (χ0v) is 7.37. The first-order valence-electron chi connectivity index (χ1n) is 0.783. The van der Waals surface area contributed by atoms with Gasteiger partial charge in [-0.3, -0.25) is 0 Å². The van der Waals surface area contributed by atoms with Gasteiger partial charge in [0.25, 0.3) is 0 Å². The van der Waals surface area contributed by atoms with Crippen LogP contribution < -0.4 is 0 Å². The molecule has 0 unspecified atom stereocenters. The van der Waals surface area contributed by atoms with Crippen molar-refractivity contribution < 1.29 is 60.5 Å². The second-order valence-corrected chi connectivity index (χ2v) is 1.54. The molecule has 0 amide bonds. The summed E-state index contributed by atoms with van der Waals surface area (Å²) < 4.78 is 8.88. The molecule has 0 spiro atoms. The second kappa shape index (κ2) is 7.22. The van der Waals surface area contributed by atoms with Crippen molar-refractivity contribution in [3.8, 4) is 0 Å². The fourth-order valence-corrected chi connectivity index (χ4v) is 0. The van der Waals surface area contributed by atoms with E-state index in [4.69, 9.17) is 19.2 Å². The summed E-state index contributed by atoms with van der Waals surface area (Å²) in [6, 6.07) is 0. The molecule has 3 N–H and O–H groups in total. The minimum absolute atomic E-state index is 0. The summed E-state index contributed by atoms with van der Waals surface area (Å²) in [5, 5.41) is 0. The Kier molecular flexibility index (Phi) is 17.1. The van der Waals surface area contributed by atoms with Crippen LogP contribution in [0.5, 0.6) is 0 Å². The van der Waals surface area contributed by atoms with Crippen molar-refractivity contribution in [3.05, 3.63) is 0 Å². The van der Waals surface area contributed by atoms with Gasteiger partial charge in [-0.25, -0.2) is 4.57 Å². The molecule has 0 aliphatic rings. The Morgan fingerprint density at radius 1 is 1.14 bits per heavy atom. The van der Waals surface area contributed by atoms with Crippen molar-refractivity contribution in [1.82, 2.24) is 0 Å². The van der Waals surface area contributed by atoms with E-state index in [0.29, 0.717) is 0 Å². The maximum absolute atomic E-state index is 8.88. The fraction of sp³-hybridized carbons (Fsp3) is 0. The van der Waals surface area contributed by atoms with Gasteiger partial charge in [-0.1, -0.05) is 0 Å². The molecule has 1 radical (unpaired) electrons.